The molecule has 2 atom stereocenters. The Bertz CT molecular complexity index is 373. The molecule has 1 aliphatic rings. The van der Waals surface area contributed by atoms with E-state index in [0.29, 0.717) is 12.0 Å². The molecule has 0 saturated carbocycles. The van der Waals surface area contributed by atoms with Crippen LogP contribution < -0.4 is 11.1 Å². The summed E-state index contributed by atoms with van der Waals surface area (Å²) in [7, 11) is 0. The topological polar surface area (TPSA) is 38.0 Å². The van der Waals surface area contributed by atoms with Crippen molar-refractivity contribution >= 4 is 0 Å². The molecule has 0 aromatic heterocycles. The van der Waals surface area contributed by atoms with Crippen LogP contribution in [0.1, 0.15) is 31.4 Å². The number of hydrogen-bond acceptors (Lipinski definition) is 2. The van der Waals surface area contributed by atoms with Crippen molar-refractivity contribution in [1.82, 2.24) is 5.32 Å². The van der Waals surface area contributed by atoms with Crippen LogP contribution in [0.2, 0.25) is 0 Å². The van der Waals surface area contributed by atoms with E-state index in [4.69, 9.17) is 5.73 Å². The van der Waals surface area contributed by atoms with E-state index in [0.717, 1.165) is 19.0 Å². The molecule has 0 fully saturated rings. The second-order valence-corrected chi connectivity index (χ2v) is 5.87. The van der Waals surface area contributed by atoms with Crippen molar-refractivity contribution in [2.75, 3.05) is 13.1 Å². The molecule has 0 heterocycles. The fraction of sp³-hybridized carbons (Fsp3) is 0.625. The van der Waals surface area contributed by atoms with E-state index in [-0.39, 0.29) is 0 Å². The van der Waals surface area contributed by atoms with Crippen LogP contribution in [0.4, 0.5) is 0 Å². The van der Waals surface area contributed by atoms with E-state index < -0.39 is 0 Å². The van der Waals surface area contributed by atoms with Crippen LogP contribution in [0, 0.1) is 11.8 Å². The Labute approximate surface area is 111 Å². The third-order valence-corrected chi connectivity index (χ3v) is 4.18. The van der Waals surface area contributed by atoms with Gasteiger partial charge in [-0.2, -0.15) is 0 Å². The van der Waals surface area contributed by atoms with Gasteiger partial charge in [0.05, 0.1) is 0 Å². The first-order chi connectivity index (χ1) is 8.70. The van der Waals surface area contributed by atoms with Crippen LogP contribution in [-0.4, -0.2) is 19.1 Å². The zero-order valence-electron chi connectivity index (χ0n) is 11.7. The lowest BCUT2D eigenvalue weighted by atomic mass is 9.83. The Morgan fingerprint density at radius 1 is 1.28 bits per heavy atom. The molecule has 18 heavy (non-hydrogen) atoms. The Morgan fingerprint density at radius 3 is 2.67 bits per heavy atom. The number of fused-ring (bicyclic) bond motifs is 1. The molecule has 0 saturated heterocycles. The van der Waals surface area contributed by atoms with Crippen LogP contribution in [0.5, 0.6) is 0 Å². The van der Waals surface area contributed by atoms with Crippen LogP contribution in [-0.2, 0) is 12.8 Å². The van der Waals surface area contributed by atoms with Crippen molar-refractivity contribution in [2.45, 2.75) is 39.2 Å². The number of nitrogens with two attached hydrogens (primary N) is 1. The monoisotopic (exact) mass is 246 g/mol. The van der Waals surface area contributed by atoms with Crippen molar-refractivity contribution in [3.8, 4) is 0 Å². The van der Waals surface area contributed by atoms with Gasteiger partial charge in [0.1, 0.15) is 0 Å². The van der Waals surface area contributed by atoms with E-state index in [1.54, 1.807) is 11.1 Å². The van der Waals surface area contributed by atoms with Gasteiger partial charge in [0.15, 0.2) is 0 Å². The van der Waals surface area contributed by atoms with Gasteiger partial charge in [0, 0.05) is 12.6 Å². The average Bonchev–Trinajstić information content (AvgIpc) is 2.39. The van der Waals surface area contributed by atoms with Crippen LogP contribution >= 0.6 is 0 Å². The predicted molar refractivity (Wildman–Crippen MR) is 77.6 cm³/mol. The largest absolute Gasteiger partial charge is 0.329 e. The highest BCUT2D eigenvalue weighted by Gasteiger charge is 2.19. The van der Waals surface area contributed by atoms with Crippen LogP contribution in [0.3, 0.4) is 0 Å². The van der Waals surface area contributed by atoms with Gasteiger partial charge in [-0.15, -0.1) is 0 Å². The summed E-state index contributed by atoms with van der Waals surface area (Å²) in [6.07, 6.45) is 3.76. The van der Waals surface area contributed by atoms with Gasteiger partial charge in [0.2, 0.25) is 0 Å². The summed E-state index contributed by atoms with van der Waals surface area (Å²) >= 11 is 0. The molecule has 0 amide bonds. The number of hydrogen-bond donors (Lipinski definition) is 2. The van der Waals surface area contributed by atoms with Crippen LogP contribution in [0.25, 0.3) is 0 Å². The maximum Gasteiger partial charge on any atom is 0.0213 e. The maximum absolute atomic E-state index is 5.80. The molecule has 0 bridgehead atoms. The minimum Gasteiger partial charge on any atom is -0.329 e. The predicted octanol–water partition coefficient (Wildman–Crippen LogP) is 2.36. The average molecular weight is 246 g/mol. The Balaban J connectivity index is 1.86. The Kier molecular flexibility index (Phi) is 4.79. The molecule has 2 nitrogen and oxygen atoms in total. The van der Waals surface area contributed by atoms with Crippen molar-refractivity contribution in [3.05, 3.63) is 35.4 Å². The summed E-state index contributed by atoms with van der Waals surface area (Å²) in [6, 6.07) is 9.33. The zero-order valence-corrected chi connectivity index (χ0v) is 11.7. The standard InChI is InChI=1S/C16H26N2/c1-12(2)16(10-17)18-11-13-7-8-14-5-3-4-6-15(14)9-13/h3-6,12-13,16,18H,7-11,17H2,1-2H3. The first-order valence-corrected chi connectivity index (χ1v) is 7.21. The molecule has 1 aliphatic carbocycles. The highest BCUT2D eigenvalue weighted by atomic mass is 14.9. The number of rotatable bonds is 5. The SMILES string of the molecule is CC(C)C(CN)NCC1CCc2ccccc2C1. The normalized spacial score (nSPS) is 20.8. The van der Waals surface area contributed by atoms with E-state index >= 15 is 0 Å². The highest BCUT2D eigenvalue weighted by Crippen LogP contribution is 2.24. The molecule has 2 unspecified atom stereocenters. The van der Waals surface area contributed by atoms with Gasteiger partial charge >= 0.3 is 0 Å². The van der Waals surface area contributed by atoms with E-state index in [2.05, 4.69) is 43.4 Å². The summed E-state index contributed by atoms with van der Waals surface area (Å²) in [6.45, 7) is 6.32. The molecule has 0 radical (unpaired) electrons. The highest BCUT2D eigenvalue weighted by molar-refractivity contribution is 5.29. The van der Waals surface area contributed by atoms with Gasteiger partial charge in [-0.05, 0) is 48.8 Å². The maximum atomic E-state index is 5.80. The van der Waals surface area contributed by atoms with Crippen molar-refractivity contribution in [1.29, 1.82) is 0 Å². The summed E-state index contributed by atoms with van der Waals surface area (Å²) in [5.41, 5.74) is 8.90. The fourth-order valence-electron chi connectivity index (χ4n) is 2.86. The Hall–Kier alpha value is -0.860. The summed E-state index contributed by atoms with van der Waals surface area (Å²) in [5.74, 6) is 1.39. The molecule has 0 aliphatic heterocycles. The molecule has 1 aromatic rings. The molecular formula is C16H26N2. The van der Waals surface area contributed by atoms with E-state index in [1.807, 2.05) is 0 Å². The van der Waals surface area contributed by atoms with Crippen molar-refractivity contribution in [3.63, 3.8) is 0 Å². The minimum atomic E-state index is 0.460. The molecule has 2 heteroatoms. The first kappa shape index (κ1) is 13.6. The van der Waals surface area contributed by atoms with E-state index in [9.17, 15) is 0 Å². The lowest BCUT2D eigenvalue weighted by Gasteiger charge is -2.28. The molecule has 1 aromatic carbocycles. The second kappa shape index (κ2) is 6.35. The third-order valence-electron chi connectivity index (χ3n) is 4.18. The van der Waals surface area contributed by atoms with Crippen molar-refractivity contribution < 1.29 is 0 Å². The Morgan fingerprint density at radius 2 is 2.00 bits per heavy atom. The number of aryl methyl sites for hydroxylation is 1. The summed E-state index contributed by atoms with van der Waals surface area (Å²) in [5, 5.41) is 3.64. The van der Waals surface area contributed by atoms with Crippen LogP contribution in [0.15, 0.2) is 24.3 Å². The second-order valence-electron chi connectivity index (χ2n) is 5.87. The number of benzene rings is 1. The molecule has 100 valence electrons. The minimum absolute atomic E-state index is 0.460. The van der Waals surface area contributed by atoms with Gasteiger partial charge in [-0.25, -0.2) is 0 Å². The zero-order chi connectivity index (χ0) is 13.0. The first-order valence-electron chi connectivity index (χ1n) is 7.21. The quantitative estimate of drug-likeness (QED) is 0.837. The molecule has 0 spiro atoms. The lowest BCUT2D eigenvalue weighted by molar-refractivity contribution is 0.348. The fourth-order valence-corrected chi connectivity index (χ4v) is 2.86. The molecule has 2 rings (SSSR count). The summed E-state index contributed by atoms with van der Waals surface area (Å²) < 4.78 is 0. The van der Waals surface area contributed by atoms with Gasteiger partial charge < -0.3 is 11.1 Å². The van der Waals surface area contributed by atoms with Crippen molar-refractivity contribution in [2.24, 2.45) is 17.6 Å². The molecule has 3 N–H and O–H groups in total. The smallest absolute Gasteiger partial charge is 0.0213 e. The third kappa shape index (κ3) is 3.33. The van der Waals surface area contributed by atoms with Gasteiger partial charge in [-0.3, -0.25) is 0 Å². The van der Waals surface area contributed by atoms with Gasteiger partial charge in [0.25, 0.3) is 0 Å². The van der Waals surface area contributed by atoms with E-state index in [1.165, 1.54) is 19.3 Å². The van der Waals surface area contributed by atoms with Gasteiger partial charge in [-0.1, -0.05) is 38.1 Å². The number of nitrogens with one attached hydrogen (secondary N) is 1. The summed E-state index contributed by atoms with van der Waals surface area (Å²) in [4.78, 5) is 0. The molecular weight excluding hydrogens is 220 g/mol. The lowest BCUT2D eigenvalue weighted by Crippen LogP contribution is -2.43.